The molecular formula is C11H12N2O. The first-order valence-electron chi connectivity index (χ1n) is 4.41. The first-order valence-corrected chi connectivity index (χ1v) is 4.41. The van der Waals surface area contributed by atoms with Crippen LogP contribution in [-0.2, 0) is 4.79 Å². The molecule has 0 radical (unpaired) electrons. The first kappa shape index (κ1) is 10.4. The van der Waals surface area contributed by atoms with Gasteiger partial charge in [0.1, 0.15) is 12.2 Å². The number of benzene rings is 1. The lowest BCUT2D eigenvalue weighted by molar-refractivity contribution is -0.116. The van der Waals surface area contributed by atoms with Crippen molar-refractivity contribution in [3.63, 3.8) is 0 Å². The number of aryl methyl sites for hydroxylation is 1. The molecule has 0 saturated heterocycles. The summed E-state index contributed by atoms with van der Waals surface area (Å²) in [6.45, 7) is 3.39. The third kappa shape index (κ3) is 2.38. The van der Waals surface area contributed by atoms with Gasteiger partial charge >= 0.3 is 5.71 Å². The van der Waals surface area contributed by atoms with E-state index in [1.807, 2.05) is 31.2 Å². The molecule has 0 spiro atoms. The first-order chi connectivity index (χ1) is 6.65. The zero-order chi connectivity index (χ0) is 10.6. The molecule has 0 atom stereocenters. The Morgan fingerprint density at radius 2 is 2.07 bits per heavy atom. The third-order valence-corrected chi connectivity index (χ3v) is 1.99. The molecule has 0 heterocycles. The summed E-state index contributed by atoms with van der Waals surface area (Å²) in [6, 6.07) is 7.52. The molecule has 3 nitrogen and oxygen atoms in total. The largest absolute Gasteiger partial charge is 0.361 e. The van der Waals surface area contributed by atoms with Crippen molar-refractivity contribution in [2.75, 3.05) is 0 Å². The Morgan fingerprint density at radius 3 is 2.57 bits per heavy atom. The van der Waals surface area contributed by atoms with E-state index in [4.69, 9.17) is 5.53 Å². The highest BCUT2D eigenvalue weighted by Crippen LogP contribution is 2.09. The van der Waals surface area contributed by atoms with Crippen molar-refractivity contribution in [1.82, 2.24) is 0 Å². The summed E-state index contributed by atoms with van der Waals surface area (Å²) in [4.78, 5) is 14.1. The van der Waals surface area contributed by atoms with Crippen molar-refractivity contribution in [3.05, 3.63) is 40.9 Å². The number of carbonyl (C=O) groups is 1. The van der Waals surface area contributed by atoms with E-state index in [9.17, 15) is 4.79 Å². The van der Waals surface area contributed by atoms with Crippen molar-refractivity contribution in [3.8, 4) is 0 Å². The van der Waals surface area contributed by atoms with Gasteiger partial charge in [0.2, 0.25) is 0 Å². The van der Waals surface area contributed by atoms with Crippen molar-refractivity contribution in [1.29, 1.82) is 0 Å². The quantitative estimate of drug-likeness (QED) is 0.406. The van der Waals surface area contributed by atoms with E-state index in [0.717, 1.165) is 11.1 Å². The summed E-state index contributed by atoms with van der Waals surface area (Å²) < 4.78 is 0. The lowest BCUT2D eigenvalue weighted by Crippen LogP contribution is -2.09. The summed E-state index contributed by atoms with van der Waals surface area (Å²) in [6.07, 6.45) is 0.168. The van der Waals surface area contributed by atoms with Gasteiger partial charge < -0.3 is 5.53 Å². The fourth-order valence-corrected chi connectivity index (χ4v) is 1.32. The zero-order valence-electron chi connectivity index (χ0n) is 8.32. The van der Waals surface area contributed by atoms with Crippen molar-refractivity contribution in [2.24, 2.45) is 0 Å². The topological polar surface area (TPSA) is 53.5 Å². The summed E-state index contributed by atoms with van der Waals surface area (Å²) in [7, 11) is 0. The highest BCUT2D eigenvalue weighted by atomic mass is 16.1. The van der Waals surface area contributed by atoms with Crippen LogP contribution in [0.5, 0.6) is 0 Å². The number of ketones is 1. The Hall–Kier alpha value is -1.73. The number of nitrogens with zero attached hydrogens (tertiary/aromatic N) is 2. The molecule has 0 aliphatic carbocycles. The minimum Gasteiger partial charge on any atom is -0.361 e. The van der Waals surface area contributed by atoms with E-state index < -0.39 is 0 Å². The summed E-state index contributed by atoms with van der Waals surface area (Å²) in [5, 5.41) is 0. The highest BCUT2D eigenvalue weighted by molar-refractivity contribution is 6.08. The van der Waals surface area contributed by atoms with Gasteiger partial charge in [-0.25, -0.2) is 0 Å². The second-order valence-electron chi connectivity index (χ2n) is 3.24. The predicted octanol–water partition coefficient (Wildman–Crippen LogP) is 1.99. The van der Waals surface area contributed by atoms with E-state index in [1.165, 1.54) is 6.92 Å². The van der Waals surface area contributed by atoms with Gasteiger partial charge in [-0.05, 0) is 25.5 Å². The van der Waals surface area contributed by atoms with Gasteiger partial charge in [-0.2, -0.15) is 4.79 Å². The molecule has 1 aromatic rings. The van der Waals surface area contributed by atoms with Crippen LogP contribution in [0.15, 0.2) is 24.3 Å². The molecule has 3 heteroatoms. The second kappa shape index (κ2) is 4.49. The number of rotatable bonds is 3. The van der Waals surface area contributed by atoms with Crippen LogP contribution in [0.1, 0.15) is 24.5 Å². The van der Waals surface area contributed by atoms with E-state index in [2.05, 4.69) is 4.79 Å². The molecule has 0 N–H and O–H groups in total. The maximum atomic E-state index is 10.9. The molecule has 0 saturated carbocycles. The molecule has 1 rings (SSSR count). The van der Waals surface area contributed by atoms with Gasteiger partial charge in [-0.3, -0.25) is 4.79 Å². The smallest absolute Gasteiger partial charge is 0.306 e. The number of hydrogen-bond donors (Lipinski definition) is 0. The lowest BCUT2D eigenvalue weighted by Gasteiger charge is -1.98. The van der Waals surface area contributed by atoms with Crippen LogP contribution in [0.2, 0.25) is 0 Å². The predicted molar refractivity (Wildman–Crippen MR) is 54.2 cm³/mol. The molecule has 0 amide bonds. The van der Waals surface area contributed by atoms with Gasteiger partial charge in [0.25, 0.3) is 0 Å². The van der Waals surface area contributed by atoms with Crippen molar-refractivity contribution in [2.45, 2.75) is 20.3 Å². The van der Waals surface area contributed by atoms with Gasteiger partial charge in [0, 0.05) is 0 Å². The van der Waals surface area contributed by atoms with Gasteiger partial charge in [0.05, 0.1) is 5.56 Å². The average molecular weight is 188 g/mol. The Balaban J connectivity index is 3.09. The maximum absolute atomic E-state index is 10.9. The summed E-state index contributed by atoms with van der Waals surface area (Å²) in [5.74, 6) is -0.0129. The third-order valence-electron chi connectivity index (χ3n) is 1.99. The lowest BCUT2D eigenvalue weighted by atomic mass is 10.0. The van der Waals surface area contributed by atoms with Crippen LogP contribution in [0.4, 0.5) is 0 Å². The zero-order valence-corrected chi connectivity index (χ0v) is 8.32. The van der Waals surface area contributed by atoms with Crippen LogP contribution < -0.4 is 0 Å². The normalized spacial score (nSPS) is 9.29. The molecule has 0 aliphatic heterocycles. The van der Waals surface area contributed by atoms with E-state index in [1.54, 1.807) is 0 Å². The SMILES string of the molecule is CC(=O)CC(=[N+]=[N-])c1ccccc1C. The Labute approximate surface area is 83.0 Å². The monoisotopic (exact) mass is 188 g/mol. The van der Waals surface area contributed by atoms with Crippen molar-refractivity contribution >= 4 is 11.5 Å². The summed E-state index contributed by atoms with van der Waals surface area (Å²) >= 11 is 0. The Kier molecular flexibility index (Phi) is 3.32. The Bertz CT molecular complexity index is 404. The molecule has 72 valence electrons. The van der Waals surface area contributed by atoms with Crippen LogP contribution in [0.3, 0.4) is 0 Å². The molecule has 0 unspecified atom stereocenters. The summed E-state index contributed by atoms with van der Waals surface area (Å²) in [5.41, 5.74) is 11.0. The van der Waals surface area contributed by atoms with Crippen LogP contribution >= 0.6 is 0 Å². The van der Waals surface area contributed by atoms with Crippen LogP contribution in [0, 0.1) is 6.92 Å². The molecule has 14 heavy (non-hydrogen) atoms. The molecule has 0 bridgehead atoms. The molecule has 0 fully saturated rings. The van der Waals surface area contributed by atoms with E-state index in [0.29, 0.717) is 5.71 Å². The van der Waals surface area contributed by atoms with Crippen LogP contribution in [0.25, 0.3) is 5.53 Å². The number of Topliss-reactive ketones (excluding diaryl/α,β-unsaturated/α-hetero) is 1. The van der Waals surface area contributed by atoms with Gasteiger partial charge in [-0.1, -0.05) is 18.2 Å². The van der Waals surface area contributed by atoms with E-state index >= 15 is 0 Å². The number of carbonyl (C=O) groups excluding carboxylic acids is 1. The average Bonchev–Trinajstić information content (AvgIpc) is 2.15. The van der Waals surface area contributed by atoms with Crippen LogP contribution in [-0.4, -0.2) is 16.3 Å². The Morgan fingerprint density at radius 1 is 1.43 bits per heavy atom. The minimum atomic E-state index is -0.0129. The highest BCUT2D eigenvalue weighted by Gasteiger charge is 2.15. The molecule has 0 aromatic heterocycles. The molecule has 1 aromatic carbocycles. The maximum Gasteiger partial charge on any atom is 0.306 e. The fraction of sp³-hybridized carbons (Fsp3) is 0.273. The van der Waals surface area contributed by atoms with Gasteiger partial charge in [0.15, 0.2) is 0 Å². The van der Waals surface area contributed by atoms with Gasteiger partial charge in [-0.15, -0.1) is 0 Å². The molecule has 0 aliphatic rings. The van der Waals surface area contributed by atoms with Crippen molar-refractivity contribution < 1.29 is 9.58 Å². The minimum absolute atomic E-state index is 0.0129. The fourth-order valence-electron chi connectivity index (χ4n) is 1.32. The second-order valence-corrected chi connectivity index (χ2v) is 3.24. The molecular weight excluding hydrogens is 176 g/mol. The number of hydrogen-bond acceptors (Lipinski definition) is 1. The van der Waals surface area contributed by atoms with E-state index in [-0.39, 0.29) is 12.2 Å². The standard InChI is InChI=1S/C11H12N2O/c1-8-5-3-4-6-10(8)11(13-12)7-9(2)14/h3-6H,7H2,1-2H3.